The van der Waals surface area contributed by atoms with Gasteiger partial charge >= 0.3 is 0 Å². The largest absolute Gasteiger partial charge is 0.399 e. The third kappa shape index (κ3) is 2.88. The fraction of sp³-hybridized carbons (Fsp3) is 0.562. The number of amides is 1. The quantitative estimate of drug-likeness (QED) is 0.838. The maximum absolute atomic E-state index is 13.7. The normalized spacial score (nSPS) is 28.6. The summed E-state index contributed by atoms with van der Waals surface area (Å²) in [7, 11) is 2.20. The molecule has 21 heavy (non-hydrogen) atoms. The van der Waals surface area contributed by atoms with Gasteiger partial charge in [-0.25, -0.2) is 4.39 Å². The second-order valence-corrected chi connectivity index (χ2v) is 6.34. The van der Waals surface area contributed by atoms with Crippen LogP contribution in [0, 0.1) is 11.7 Å². The second kappa shape index (κ2) is 5.64. The minimum Gasteiger partial charge on any atom is -0.399 e. The lowest BCUT2D eigenvalue weighted by Crippen LogP contribution is -2.43. The molecule has 3 rings (SSSR count). The molecular formula is C16H22FN3O. The highest BCUT2D eigenvalue weighted by molar-refractivity contribution is 5.94. The Labute approximate surface area is 124 Å². The van der Waals surface area contributed by atoms with E-state index in [0.717, 1.165) is 12.8 Å². The van der Waals surface area contributed by atoms with Crippen molar-refractivity contribution in [2.45, 2.75) is 37.8 Å². The van der Waals surface area contributed by atoms with E-state index in [0.29, 0.717) is 30.2 Å². The zero-order valence-electron chi connectivity index (χ0n) is 12.3. The van der Waals surface area contributed by atoms with Gasteiger partial charge in [-0.2, -0.15) is 0 Å². The average molecular weight is 291 g/mol. The number of rotatable bonds is 3. The number of piperidine rings is 1. The summed E-state index contributed by atoms with van der Waals surface area (Å²) in [4.78, 5) is 14.5. The summed E-state index contributed by atoms with van der Waals surface area (Å²) in [5, 5.41) is 2.87. The van der Waals surface area contributed by atoms with Gasteiger partial charge in [0.25, 0.3) is 5.91 Å². The summed E-state index contributed by atoms with van der Waals surface area (Å²) < 4.78 is 13.7. The molecule has 0 saturated carbocycles. The summed E-state index contributed by atoms with van der Waals surface area (Å²) in [6.45, 7) is 0.628. The van der Waals surface area contributed by atoms with Gasteiger partial charge in [0.1, 0.15) is 5.82 Å². The Morgan fingerprint density at radius 2 is 2.05 bits per heavy atom. The molecule has 0 aromatic heterocycles. The van der Waals surface area contributed by atoms with Gasteiger partial charge in [-0.15, -0.1) is 0 Å². The van der Waals surface area contributed by atoms with E-state index in [1.807, 2.05) is 0 Å². The van der Waals surface area contributed by atoms with Gasteiger partial charge in [0.05, 0.1) is 5.56 Å². The molecule has 2 unspecified atom stereocenters. The average Bonchev–Trinajstić information content (AvgIpc) is 2.67. The zero-order valence-corrected chi connectivity index (χ0v) is 12.3. The van der Waals surface area contributed by atoms with Crippen molar-refractivity contribution >= 4 is 11.6 Å². The third-order valence-electron chi connectivity index (χ3n) is 4.98. The first-order valence-electron chi connectivity index (χ1n) is 7.59. The van der Waals surface area contributed by atoms with Crippen LogP contribution in [-0.4, -0.2) is 36.5 Å². The number of nitrogens with zero attached hydrogens (tertiary/aromatic N) is 1. The Bertz CT molecular complexity index is 534. The topological polar surface area (TPSA) is 58.4 Å². The summed E-state index contributed by atoms with van der Waals surface area (Å²) >= 11 is 0. The maximum Gasteiger partial charge on any atom is 0.254 e. The van der Waals surface area contributed by atoms with Crippen LogP contribution in [0.15, 0.2) is 18.2 Å². The number of nitrogens with one attached hydrogen (secondary N) is 1. The van der Waals surface area contributed by atoms with E-state index in [4.69, 9.17) is 5.73 Å². The van der Waals surface area contributed by atoms with Crippen LogP contribution in [0.4, 0.5) is 10.1 Å². The molecule has 2 atom stereocenters. The fourth-order valence-electron chi connectivity index (χ4n) is 3.74. The molecule has 0 spiro atoms. The van der Waals surface area contributed by atoms with Crippen molar-refractivity contribution in [3.05, 3.63) is 29.6 Å². The number of hydrogen-bond donors (Lipinski definition) is 2. The van der Waals surface area contributed by atoms with Gasteiger partial charge in [0, 0.05) is 24.3 Å². The van der Waals surface area contributed by atoms with Gasteiger partial charge in [-0.05, 0) is 56.8 Å². The van der Waals surface area contributed by atoms with E-state index in [2.05, 4.69) is 17.3 Å². The minimum absolute atomic E-state index is 0.0695. The maximum atomic E-state index is 13.7. The predicted molar refractivity (Wildman–Crippen MR) is 80.4 cm³/mol. The fourth-order valence-corrected chi connectivity index (χ4v) is 3.74. The number of nitrogen functional groups attached to an aromatic ring is 1. The van der Waals surface area contributed by atoms with E-state index in [-0.39, 0.29) is 11.5 Å². The number of nitrogens with two attached hydrogens (primary N) is 1. The molecule has 2 bridgehead atoms. The molecule has 114 valence electrons. The summed E-state index contributed by atoms with van der Waals surface area (Å²) in [6.07, 6.45) is 4.77. The molecule has 1 aromatic rings. The molecule has 3 N–H and O–H groups in total. The number of carbonyl (C=O) groups is 1. The molecule has 2 aliphatic heterocycles. The van der Waals surface area contributed by atoms with Crippen molar-refractivity contribution in [2.75, 3.05) is 19.3 Å². The van der Waals surface area contributed by atoms with Crippen LogP contribution < -0.4 is 11.1 Å². The minimum atomic E-state index is -0.559. The molecule has 5 heteroatoms. The standard InChI is InChI=1S/C16H22FN3O/c1-20-12-3-4-13(20)7-10(6-12)9-19-16(21)14-5-2-11(18)8-15(14)17/h2,5,8,10,12-13H,3-4,6-7,9,18H2,1H3,(H,19,21). The van der Waals surface area contributed by atoms with Gasteiger partial charge < -0.3 is 16.0 Å². The predicted octanol–water partition coefficient (Wildman–Crippen LogP) is 2.01. The molecule has 1 aromatic carbocycles. The highest BCUT2D eigenvalue weighted by Crippen LogP contribution is 2.37. The van der Waals surface area contributed by atoms with Crippen LogP contribution in [0.2, 0.25) is 0 Å². The lowest BCUT2D eigenvalue weighted by atomic mass is 9.91. The van der Waals surface area contributed by atoms with Crippen molar-refractivity contribution in [2.24, 2.45) is 5.92 Å². The first-order valence-corrected chi connectivity index (χ1v) is 7.59. The van der Waals surface area contributed by atoms with E-state index in [9.17, 15) is 9.18 Å². The Balaban J connectivity index is 1.57. The number of halogens is 1. The zero-order chi connectivity index (χ0) is 15.0. The van der Waals surface area contributed by atoms with Gasteiger partial charge in [0.15, 0.2) is 0 Å². The highest BCUT2D eigenvalue weighted by Gasteiger charge is 2.38. The van der Waals surface area contributed by atoms with E-state index in [1.165, 1.54) is 25.0 Å². The Hall–Kier alpha value is -1.62. The summed E-state index contributed by atoms with van der Waals surface area (Å²) in [5.74, 6) is -0.408. The van der Waals surface area contributed by atoms with Crippen LogP contribution in [0.1, 0.15) is 36.0 Å². The second-order valence-electron chi connectivity index (χ2n) is 6.34. The molecule has 2 aliphatic rings. The van der Waals surface area contributed by atoms with Crippen LogP contribution in [0.25, 0.3) is 0 Å². The van der Waals surface area contributed by atoms with Gasteiger partial charge in [0.2, 0.25) is 0 Å². The Kier molecular flexibility index (Phi) is 3.85. The molecule has 0 aliphatic carbocycles. The Morgan fingerprint density at radius 1 is 1.38 bits per heavy atom. The molecule has 2 fully saturated rings. The van der Waals surface area contributed by atoms with Crippen molar-refractivity contribution < 1.29 is 9.18 Å². The molecule has 2 heterocycles. The number of carbonyl (C=O) groups excluding carboxylic acids is 1. The summed E-state index contributed by atoms with van der Waals surface area (Å²) in [5.41, 5.74) is 5.89. The molecule has 0 radical (unpaired) electrons. The van der Waals surface area contributed by atoms with Gasteiger partial charge in [-0.1, -0.05) is 0 Å². The van der Waals surface area contributed by atoms with Crippen LogP contribution >= 0.6 is 0 Å². The Morgan fingerprint density at radius 3 is 2.67 bits per heavy atom. The van der Waals surface area contributed by atoms with Crippen LogP contribution in [0.3, 0.4) is 0 Å². The lowest BCUT2D eigenvalue weighted by Gasteiger charge is -2.36. The number of fused-ring (bicyclic) bond motifs is 2. The lowest BCUT2D eigenvalue weighted by molar-refractivity contribution is 0.0913. The third-order valence-corrected chi connectivity index (χ3v) is 4.98. The first-order chi connectivity index (χ1) is 10.0. The SMILES string of the molecule is CN1C2CCC1CC(CNC(=O)c1ccc(N)cc1F)C2. The summed E-state index contributed by atoms with van der Waals surface area (Å²) in [6, 6.07) is 5.48. The van der Waals surface area contributed by atoms with Gasteiger partial charge in [-0.3, -0.25) is 4.79 Å². The van der Waals surface area contributed by atoms with E-state index in [1.54, 1.807) is 6.07 Å². The van der Waals surface area contributed by atoms with E-state index >= 15 is 0 Å². The monoisotopic (exact) mass is 291 g/mol. The van der Waals surface area contributed by atoms with Crippen molar-refractivity contribution in [1.82, 2.24) is 10.2 Å². The van der Waals surface area contributed by atoms with E-state index < -0.39 is 5.82 Å². The number of anilines is 1. The number of benzene rings is 1. The molecular weight excluding hydrogens is 269 g/mol. The van der Waals surface area contributed by atoms with Crippen LogP contribution in [-0.2, 0) is 0 Å². The van der Waals surface area contributed by atoms with Crippen molar-refractivity contribution in [3.8, 4) is 0 Å². The molecule has 2 saturated heterocycles. The highest BCUT2D eigenvalue weighted by atomic mass is 19.1. The van der Waals surface area contributed by atoms with Crippen LogP contribution in [0.5, 0.6) is 0 Å². The smallest absolute Gasteiger partial charge is 0.254 e. The molecule has 4 nitrogen and oxygen atoms in total. The number of hydrogen-bond acceptors (Lipinski definition) is 3. The first kappa shape index (κ1) is 14.3. The molecule has 1 amide bonds. The van der Waals surface area contributed by atoms with Crippen molar-refractivity contribution in [3.63, 3.8) is 0 Å². The van der Waals surface area contributed by atoms with Crippen molar-refractivity contribution in [1.29, 1.82) is 0 Å².